The van der Waals surface area contributed by atoms with E-state index >= 15 is 0 Å². The maximum absolute atomic E-state index is 12.8. The van der Waals surface area contributed by atoms with Crippen molar-refractivity contribution in [3.05, 3.63) is 64.6 Å². The molecule has 0 unspecified atom stereocenters. The van der Waals surface area contributed by atoms with Gasteiger partial charge < -0.3 is 19.0 Å². The summed E-state index contributed by atoms with van der Waals surface area (Å²) in [5, 5.41) is 0.478. The van der Waals surface area contributed by atoms with Crippen LogP contribution in [0.4, 0.5) is 5.69 Å². The van der Waals surface area contributed by atoms with Crippen molar-refractivity contribution in [3.63, 3.8) is 0 Å². The number of hydrogen-bond acceptors (Lipinski definition) is 6. The van der Waals surface area contributed by atoms with Crippen LogP contribution in [0.15, 0.2) is 57.9 Å². The number of ether oxygens (including phenoxy) is 1. The minimum Gasteiger partial charge on any atom is -0.481 e. The molecule has 0 aliphatic carbocycles. The molecule has 1 aromatic carbocycles. The lowest BCUT2D eigenvalue weighted by Crippen LogP contribution is -2.48. The van der Waals surface area contributed by atoms with Crippen LogP contribution in [0, 0.1) is 0 Å². The Morgan fingerprint density at radius 2 is 1.89 bits per heavy atom. The molecule has 138 valence electrons. The molecule has 1 fully saturated rings. The molecule has 7 nitrogen and oxygen atoms in total. The highest BCUT2D eigenvalue weighted by atomic mass is 16.5. The molecule has 3 aromatic rings. The van der Waals surface area contributed by atoms with E-state index in [9.17, 15) is 9.59 Å². The predicted molar refractivity (Wildman–Crippen MR) is 101 cm³/mol. The number of carbonyl (C=O) groups excluding carboxylic acids is 1. The van der Waals surface area contributed by atoms with Gasteiger partial charge in [-0.15, -0.1) is 0 Å². The summed E-state index contributed by atoms with van der Waals surface area (Å²) in [6.07, 6.45) is 1.76. The lowest BCUT2D eigenvalue weighted by molar-refractivity contribution is 0.0715. The monoisotopic (exact) mass is 365 g/mol. The van der Waals surface area contributed by atoms with Crippen molar-refractivity contribution in [2.24, 2.45) is 0 Å². The average Bonchev–Trinajstić information content (AvgIpc) is 2.73. The molecule has 0 saturated carbocycles. The summed E-state index contributed by atoms with van der Waals surface area (Å²) < 4.78 is 10.7. The Hall–Kier alpha value is -3.35. The van der Waals surface area contributed by atoms with E-state index in [2.05, 4.69) is 9.88 Å². The maximum Gasteiger partial charge on any atom is 0.289 e. The number of amides is 1. The van der Waals surface area contributed by atoms with Crippen LogP contribution in [-0.2, 0) is 0 Å². The molecule has 3 heterocycles. The zero-order valence-electron chi connectivity index (χ0n) is 14.9. The van der Waals surface area contributed by atoms with Gasteiger partial charge in [-0.2, -0.15) is 0 Å². The van der Waals surface area contributed by atoms with Gasteiger partial charge in [-0.05, 0) is 18.2 Å². The molecule has 0 N–H and O–H groups in total. The van der Waals surface area contributed by atoms with E-state index in [-0.39, 0.29) is 17.1 Å². The van der Waals surface area contributed by atoms with Crippen molar-refractivity contribution >= 4 is 22.6 Å². The van der Waals surface area contributed by atoms with Gasteiger partial charge in [0.1, 0.15) is 5.58 Å². The quantitative estimate of drug-likeness (QED) is 0.708. The van der Waals surface area contributed by atoms with Crippen LogP contribution >= 0.6 is 0 Å². The molecule has 0 radical (unpaired) electrons. The molecule has 0 spiro atoms. The Bertz CT molecular complexity index is 1020. The Morgan fingerprint density at radius 3 is 2.59 bits per heavy atom. The van der Waals surface area contributed by atoms with Crippen molar-refractivity contribution in [3.8, 4) is 5.88 Å². The van der Waals surface area contributed by atoms with Gasteiger partial charge in [0.05, 0.1) is 24.4 Å². The molecule has 27 heavy (non-hydrogen) atoms. The van der Waals surface area contributed by atoms with E-state index in [1.54, 1.807) is 42.5 Å². The fourth-order valence-corrected chi connectivity index (χ4v) is 3.21. The van der Waals surface area contributed by atoms with Gasteiger partial charge in [-0.1, -0.05) is 12.1 Å². The van der Waals surface area contributed by atoms with E-state index in [0.29, 0.717) is 43.0 Å². The lowest BCUT2D eigenvalue weighted by atomic mass is 10.2. The van der Waals surface area contributed by atoms with Crippen molar-refractivity contribution in [1.82, 2.24) is 9.88 Å². The Morgan fingerprint density at radius 1 is 1.11 bits per heavy atom. The topological polar surface area (TPSA) is 75.9 Å². The van der Waals surface area contributed by atoms with Crippen molar-refractivity contribution in [1.29, 1.82) is 0 Å². The number of para-hydroxylation sites is 1. The smallest absolute Gasteiger partial charge is 0.289 e. The number of nitrogens with zero attached hydrogens (tertiary/aromatic N) is 3. The van der Waals surface area contributed by atoms with Crippen LogP contribution in [0.2, 0.25) is 0 Å². The van der Waals surface area contributed by atoms with Gasteiger partial charge in [-0.25, -0.2) is 4.98 Å². The Balaban J connectivity index is 1.47. The first-order valence-electron chi connectivity index (χ1n) is 8.73. The maximum atomic E-state index is 12.8. The van der Waals surface area contributed by atoms with Crippen LogP contribution in [0.1, 0.15) is 10.6 Å². The summed E-state index contributed by atoms with van der Waals surface area (Å²) in [6.45, 7) is 2.44. The van der Waals surface area contributed by atoms with Gasteiger partial charge in [-0.3, -0.25) is 9.59 Å². The first kappa shape index (κ1) is 17.1. The summed E-state index contributed by atoms with van der Waals surface area (Å²) in [5.41, 5.74) is 1.21. The number of anilines is 1. The van der Waals surface area contributed by atoms with Crippen LogP contribution in [0.5, 0.6) is 5.88 Å². The average molecular weight is 365 g/mol. The summed E-state index contributed by atoms with van der Waals surface area (Å²) in [7, 11) is 1.58. The van der Waals surface area contributed by atoms with Crippen LogP contribution in [0.3, 0.4) is 0 Å². The number of benzene rings is 1. The molecule has 1 aliphatic rings. The Kier molecular flexibility index (Phi) is 4.50. The highest BCUT2D eigenvalue weighted by Crippen LogP contribution is 2.19. The summed E-state index contributed by atoms with van der Waals surface area (Å²) in [5.74, 6) is 0.391. The summed E-state index contributed by atoms with van der Waals surface area (Å²) in [4.78, 5) is 33.1. The second kappa shape index (κ2) is 7.11. The van der Waals surface area contributed by atoms with E-state index in [4.69, 9.17) is 9.15 Å². The molecular weight excluding hydrogens is 346 g/mol. The minimum absolute atomic E-state index is 0.0817. The number of methoxy groups -OCH3 is 1. The number of aromatic nitrogens is 1. The number of hydrogen-bond donors (Lipinski definition) is 0. The lowest BCUT2D eigenvalue weighted by Gasteiger charge is -2.35. The van der Waals surface area contributed by atoms with E-state index in [1.807, 2.05) is 12.1 Å². The third-order valence-electron chi connectivity index (χ3n) is 4.71. The third kappa shape index (κ3) is 3.36. The largest absolute Gasteiger partial charge is 0.481 e. The molecular formula is C20H19N3O4. The van der Waals surface area contributed by atoms with Gasteiger partial charge in [0.2, 0.25) is 5.88 Å². The molecule has 1 aliphatic heterocycles. The molecule has 0 atom stereocenters. The predicted octanol–water partition coefficient (Wildman–Crippen LogP) is 2.16. The van der Waals surface area contributed by atoms with Gasteiger partial charge in [0, 0.05) is 38.3 Å². The van der Waals surface area contributed by atoms with E-state index < -0.39 is 0 Å². The SMILES string of the molecule is COc1ccc(N2CCN(C(=O)c3cc(=O)c4ccccc4o3)CC2)cn1. The first-order valence-corrected chi connectivity index (χ1v) is 8.73. The number of pyridine rings is 1. The molecule has 7 heteroatoms. The van der Waals surface area contributed by atoms with Crippen molar-refractivity contribution in [2.45, 2.75) is 0 Å². The zero-order chi connectivity index (χ0) is 18.8. The van der Waals surface area contributed by atoms with Crippen molar-refractivity contribution in [2.75, 3.05) is 38.2 Å². The third-order valence-corrected chi connectivity index (χ3v) is 4.71. The zero-order valence-corrected chi connectivity index (χ0v) is 14.9. The van der Waals surface area contributed by atoms with Crippen LogP contribution in [-0.4, -0.2) is 49.1 Å². The molecule has 1 amide bonds. The van der Waals surface area contributed by atoms with Gasteiger partial charge in [0.15, 0.2) is 11.2 Å². The first-order chi connectivity index (χ1) is 13.2. The molecule has 4 rings (SSSR count). The van der Waals surface area contributed by atoms with Crippen LogP contribution in [0.25, 0.3) is 11.0 Å². The standard InChI is InChI=1S/C20H19N3O4/c1-26-19-7-6-14(13-21-19)22-8-10-23(11-9-22)20(25)18-12-16(24)15-4-2-3-5-17(15)27-18/h2-7,12-13H,8-11H2,1H3. The highest BCUT2D eigenvalue weighted by Gasteiger charge is 2.24. The van der Waals surface area contributed by atoms with E-state index in [1.165, 1.54) is 6.07 Å². The molecule has 0 bridgehead atoms. The van der Waals surface area contributed by atoms with Crippen molar-refractivity contribution < 1.29 is 13.9 Å². The second-order valence-corrected chi connectivity index (χ2v) is 6.31. The highest BCUT2D eigenvalue weighted by molar-refractivity contribution is 5.93. The minimum atomic E-state index is -0.259. The number of carbonyl (C=O) groups is 1. The van der Waals surface area contributed by atoms with E-state index in [0.717, 1.165) is 5.69 Å². The second-order valence-electron chi connectivity index (χ2n) is 6.31. The fraction of sp³-hybridized carbons (Fsp3) is 0.250. The molecule has 2 aromatic heterocycles. The number of rotatable bonds is 3. The van der Waals surface area contributed by atoms with Gasteiger partial charge in [0.25, 0.3) is 5.91 Å². The summed E-state index contributed by atoms with van der Waals surface area (Å²) in [6, 6.07) is 12.0. The number of fused-ring (bicyclic) bond motifs is 1. The number of piperazine rings is 1. The van der Waals surface area contributed by atoms with Gasteiger partial charge >= 0.3 is 0 Å². The molecule has 1 saturated heterocycles. The normalized spacial score (nSPS) is 14.4. The fourth-order valence-electron chi connectivity index (χ4n) is 3.21. The van der Waals surface area contributed by atoms with Crippen LogP contribution < -0.4 is 15.1 Å². The summed E-state index contributed by atoms with van der Waals surface area (Å²) >= 11 is 0. The Labute approximate surface area is 155 Å².